The summed E-state index contributed by atoms with van der Waals surface area (Å²) in [7, 11) is 1.83. The first kappa shape index (κ1) is 12.0. The Morgan fingerprint density at radius 3 is 2.65 bits per heavy atom. The van der Waals surface area contributed by atoms with Crippen LogP contribution in [-0.4, -0.2) is 22.0 Å². The molecule has 1 atom stereocenters. The van der Waals surface area contributed by atoms with Crippen LogP contribution in [0.5, 0.6) is 0 Å². The lowest BCUT2D eigenvalue weighted by molar-refractivity contribution is -0.203. The molecule has 5 heteroatoms. The SMILES string of the molecule is Cn1ccc2ccc(CC(O)C(F)(F)F)cc21. The maximum atomic E-state index is 12.2. The first-order chi connectivity index (χ1) is 7.88. The molecule has 1 unspecified atom stereocenters. The summed E-state index contributed by atoms with van der Waals surface area (Å²) in [6, 6.07) is 6.93. The summed E-state index contributed by atoms with van der Waals surface area (Å²) in [5.74, 6) is 0. The van der Waals surface area contributed by atoms with Gasteiger partial charge < -0.3 is 9.67 Å². The minimum absolute atomic E-state index is 0.412. The number of rotatable bonds is 2. The van der Waals surface area contributed by atoms with Crippen LogP contribution >= 0.6 is 0 Å². The number of halogens is 3. The summed E-state index contributed by atoms with van der Waals surface area (Å²) in [4.78, 5) is 0. The van der Waals surface area contributed by atoms with E-state index in [-0.39, 0.29) is 0 Å². The van der Waals surface area contributed by atoms with Crippen LogP contribution in [0.25, 0.3) is 10.9 Å². The van der Waals surface area contributed by atoms with Crippen LogP contribution in [0.1, 0.15) is 5.56 Å². The van der Waals surface area contributed by atoms with Gasteiger partial charge in [-0.05, 0) is 23.1 Å². The molecule has 2 aromatic rings. The lowest BCUT2D eigenvalue weighted by Crippen LogP contribution is -2.30. The summed E-state index contributed by atoms with van der Waals surface area (Å²) in [6.07, 6.45) is -5.44. The third-order valence-corrected chi connectivity index (χ3v) is 2.76. The lowest BCUT2D eigenvalue weighted by Gasteiger charge is -2.14. The molecule has 17 heavy (non-hydrogen) atoms. The highest BCUT2D eigenvalue weighted by molar-refractivity contribution is 5.80. The van der Waals surface area contributed by atoms with Gasteiger partial charge in [0.1, 0.15) is 0 Å². The summed E-state index contributed by atoms with van der Waals surface area (Å²) in [5.41, 5.74) is 1.33. The first-order valence-corrected chi connectivity index (χ1v) is 5.16. The maximum Gasteiger partial charge on any atom is 0.414 e. The van der Waals surface area contributed by atoms with E-state index < -0.39 is 18.7 Å². The van der Waals surface area contributed by atoms with Crippen molar-refractivity contribution in [3.05, 3.63) is 36.0 Å². The van der Waals surface area contributed by atoms with Crippen molar-refractivity contribution >= 4 is 10.9 Å². The molecule has 0 fully saturated rings. The molecular weight excluding hydrogens is 231 g/mol. The average Bonchev–Trinajstić information content (AvgIpc) is 2.59. The summed E-state index contributed by atoms with van der Waals surface area (Å²) >= 11 is 0. The molecule has 1 aromatic carbocycles. The number of benzene rings is 1. The number of hydrogen-bond donors (Lipinski definition) is 1. The zero-order valence-electron chi connectivity index (χ0n) is 9.20. The Balaban J connectivity index is 2.28. The van der Waals surface area contributed by atoms with Gasteiger partial charge in [-0.3, -0.25) is 0 Å². The van der Waals surface area contributed by atoms with Crippen molar-refractivity contribution in [2.45, 2.75) is 18.7 Å². The van der Waals surface area contributed by atoms with Gasteiger partial charge in [0, 0.05) is 25.2 Å². The molecule has 2 nitrogen and oxygen atoms in total. The van der Waals surface area contributed by atoms with Crippen molar-refractivity contribution in [1.29, 1.82) is 0 Å². The molecule has 0 radical (unpaired) electrons. The molecule has 0 saturated carbocycles. The zero-order chi connectivity index (χ0) is 12.6. The van der Waals surface area contributed by atoms with Gasteiger partial charge in [-0.2, -0.15) is 13.2 Å². The van der Waals surface area contributed by atoms with Crippen LogP contribution in [0.4, 0.5) is 13.2 Å². The third-order valence-electron chi connectivity index (χ3n) is 2.76. The van der Waals surface area contributed by atoms with Crippen LogP contribution in [-0.2, 0) is 13.5 Å². The van der Waals surface area contributed by atoms with Crippen molar-refractivity contribution in [3.63, 3.8) is 0 Å². The summed E-state index contributed by atoms with van der Waals surface area (Å²) in [6.45, 7) is 0. The molecular formula is C12H12F3NO. The zero-order valence-corrected chi connectivity index (χ0v) is 9.20. The Morgan fingerprint density at radius 1 is 1.29 bits per heavy atom. The maximum absolute atomic E-state index is 12.2. The van der Waals surface area contributed by atoms with Crippen molar-refractivity contribution < 1.29 is 18.3 Å². The molecule has 0 spiro atoms. The van der Waals surface area contributed by atoms with E-state index in [4.69, 9.17) is 5.11 Å². The normalized spacial score (nSPS) is 14.2. The topological polar surface area (TPSA) is 25.2 Å². The van der Waals surface area contributed by atoms with Crippen LogP contribution in [0, 0.1) is 0 Å². The van der Waals surface area contributed by atoms with Gasteiger partial charge in [0.25, 0.3) is 0 Å². The lowest BCUT2D eigenvalue weighted by atomic mass is 10.1. The van der Waals surface area contributed by atoms with Gasteiger partial charge in [0.05, 0.1) is 0 Å². The van der Waals surface area contributed by atoms with Crippen LogP contribution in [0.3, 0.4) is 0 Å². The smallest absolute Gasteiger partial charge is 0.383 e. The van der Waals surface area contributed by atoms with Crippen molar-refractivity contribution in [1.82, 2.24) is 4.57 Å². The third kappa shape index (κ3) is 2.44. The Hall–Kier alpha value is -1.49. The van der Waals surface area contributed by atoms with E-state index in [1.165, 1.54) is 0 Å². The molecule has 1 heterocycles. The second kappa shape index (κ2) is 4.07. The van der Waals surface area contributed by atoms with Gasteiger partial charge in [0.15, 0.2) is 6.10 Å². The minimum atomic E-state index is -4.57. The molecule has 2 rings (SSSR count). The Morgan fingerprint density at radius 2 is 2.00 bits per heavy atom. The number of hydrogen-bond acceptors (Lipinski definition) is 1. The largest absolute Gasteiger partial charge is 0.414 e. The Bertz CT molecular complexity index is 530. The molecule has 0 bridgehead atoms. The minimum Gasteiger partial charge on any atom is -0.383 e. The quantitative estimate of drug-likeness (QED) is 0.861. The number of aryl methyl sites for hydroxylation is 1. The highest BCUT2D eigenvalue weighted by atomic mass is 19.4. The van der Waals surface area contributed by atoms with Gasteiger partial charge in [-0.15, -0.1) is 0 Å². The fourth-order valence-electron chi connectivity index (χ4n) is 1.77. The number of aliphatic hydroxyl groups excluding tert-OH is 1. The Labute approximate surface area is 96.3 Å². The molecule has 1 N–H and O–H groups in total. The van der Waals surface area contributed by atoms with E-state index in [0.717, 1.165) is 10.9 Å². The van der Waals surface area contributed by atoms with Crippen LogP contribution in [0.2, 0.25) is 0 Å². The van der Waals surface area contributed by atoms with E-state index in [9.17, 15) is 13.2 Å². The number of alkyl halides is 3. The second-order valence-corrected chi connectivity index (χ2v) is 4.08. The highest BCUT2D eigenvalue weighted by Gasteiger charge is 2.37. The van der Waals surface area contributed by atoms with Crippen molar-refractivity contribution in [2.75, 3.05) is 0 Å². The average molecular weight is 243 g/mol. The van der Waals surface area contributed by atoms with E-state index in [1.54, 1.807) is 18.2 Å². The highest BCUT2D eigenvalue weighted by Crippen LogP contribution is 2.24. The van der Waals surface area contributed by atoms with Crippen molar-refractivity contribution in [2.24, 2.45) is 7.05 Å². The van der Waals surface area contributed by atoms with E-state index in [2.05, 4.69) is 0 Å². The summed E-state index contributed by atoms with van der Waals surface area (Å²) < 4.78 is 38.5. The van der Waals surface area contributed by atoms with Gasteiger partial charge in [-0.25, -0.2) is 0 Å². The van der Waals surface area contributed by atoms with Gasteiger partial charge in [0.2, 0.25) is 0 Å². The molecule has 0 aliphatic heterocycles. The van der Waals surface area contributed by atoms with Gasteiger partial charge >= 0.3 is 6.18 Å². The monoisotopic (exact) mass is 243 g/mol. The molecule has 0 amide bonds. The van der Waals surface area contributed by atoms with E-state index in [1.807, 2.05) is 23.9 Å². The summed E-state index contributed by atoms with van der Waals surface area (Å²) in [5, 5.41) is 9.97. The molecule has 0 aliphatic rings. The molecule has 92 valence electrons. The van der Waals surface area contributed by atoms with Gasteiger partial charge in [-0.1, -0.05) is 12.1 Å². The number of aromatic nitrogens is 1. The molecule has 0 saturated heterocycles. The second-order valence-electron chi connectivity index (χ2n) is 4.08. The van der Waals surface area contributed by atoms with Crippen LogP contribution < -0.4 is 0 Å². The Kier molecular flexibility index (Phi) is 2.87. The number of fused-ring (bicyclic) bond motifs is 1. The fourth-order valence-corrected chi connectivity index (χ4v) is 1.77. The molecule has 1 aromatic heterocycles. The predicted octanol–water partition coefficient (Wildman–Crippen LogP) is 2.64. The van der Waals surface area contributed by atoms with E-state index >= 15 is 0 Å². The number of aliphatic hydroxyl groups is 1. The first-order valence-electron chi connectivity index (χ1n) is 5.16. The fraction of sp³-hybridized carbons (Fsp3) is 0.333. The standard InChI is InChI=1S/C12H12F3NO/c1-16-5-4-9-3-2-8(6-10(9)16)7-11(17)12(13,14)15/h2-6,11,17H,7H2,1H3. The van der Waals surface area contributed by atoms with Crippen LogP contribution in [0.15, 0.2) is 30.5 Å². The molecule has 0 aliphatic carbocycles. The predicted molar refractivity (Wildman–Crippen MR) is 58.7 cm³/mol. The van der Waals surface area contributed by atoms with Crippen molar-refractivity contribution in [3.8, 4) is 0 Å². The van der Waals surface area contributed by atoms with E-state index in [0.29, 0.717) is 5.56 Å². The number of nitrogens with zero attached hydrogens (tertiary/aromatic N) is 1.